The van der Waals surface area contributed by atoms with Crippen LogP contribution in [0, 0.1) is 0 Å². The molecule has 0 spiro atoms. The average Bonchev–Trinajstić information content (AvgIpc) is 2.94. The second-order valence-electron chi connectivity index (χ2n) is 7.82. The summed E-state index contributed by atoms with van der Waals surface area (Å²) < 4.78 is 54.0. The topological polar surface area (TPSA) is 130 Å². The molecule has 226 valence electrons. The van der Waals surface area contributed by atoms with E-state index in [-0.39, 0.29) is 13.0 Å². The summed E-state index contributed by atoms with van der Waals surface area (Å²) in [6.45, 7) is 8.93. The van der Waals surface area contributed by atoms with Crippen LogP contribution < -0.4 is 4.74 Å². The van der Waals surface area contributed by atoms with Crippen molar-refractivity contribution >= 4 is 5.97 Å². The first kappa shape index (κ1) is 35.2. The Morgan fingerprint density at radius 1 is 0.436 bits per heavy atom. The van der Waals surface area contributed by atoms with E-state index in [0.717, 1.165) is 5.75 Å². The Morgan fingerprint density at radius 3 is 1.03 bits per heavy atom. The molecule has 1 aromatic rings. The molecule has 0 fully saturated rings. The van der Waals surface area contributed by atoms with E-state index in [0.29, 0.717) is 119 Å². The van der Waals surface area contributed by atoms with Gasteiger partial charge in [-0.1, -0.05) is 18.2 Å². The molecule has 0 heterocycles. The Bertz CT molecular complexity index is 634. The Labute approximate surface area is 231 Å². The zero-order valence-electron chi connectivity index (χ0n) is 23.0. The zero-order valence-corrected chi connectivity index (χ0v) is 23.0. The van der Waals surface area contributed by atoms with Gasteiger partial charge >= 0.3 is 5.97 Å². The number of hydrogen-bond acceptors (Lipinski definition) is 11. The second kappa shape index (κ2) is 29.1. The van der Waals surface area contributed by atoms with E-state index in [1.165, 1.54) is 0 Å². The second-order valence-corrected chi connectivity index (χ2v) is 7.82. The molecule has 0 aromatic heterocycles. The van der Waals surface area contributed by atoms with Gasteiger partial charge in [0.15, 0.2) is 0 Å². The van der Waals surface area contributed by atoms with Crippen molar-refractivity contribution < 1.29 is 57.3 Å². The lowest BCUT2D eigenvalue weighted by Gasteiger charge is -2.09. The molecule has 1 rings (SSSR count). The van der Waals surface area contributed by atoms with Gasteiger partial charge in [-0.05, 0) is 12.1 Å². The molecule has 0 aliphatic heterocycles. The number of rotatable bonds is 31. The van der Waals surface area contributed by atoms with Crippen LogP contribution in [0.3, 0.4) is 0 Å². The van der Waals surface area contributed by atoms with Gasteiger partial charge in [-0.25, -0.2) is 0 Å². The molecule has 0 atom stereocenters. The van der Waals surface area contributed by atoms with Crippen molar-refractivity contribution in [2.75, 3.05) is 126 Å². The summed E-state index contributed by atoms with van der Waals surface area (Å²) in [5, 5.41) is 8.47. The van der Waals surface area contributed by atoms with Crippen LogP contribution in [0.1, 0.15) is 6.42 Å². The van der Waals surface area contributed by atoms with E-state index in [1.807, 2.05) is 30.3 Å². The summed E-state index contributed by atoms with van der Waals surface area (Å²) in [4.78, 5) is 10.3. The van der Waals surface area contributed by atoms with Gasteiger partial charge in [0.25, 0.3) is 0 Å². The standard InChI is InChI=1S/C27H46O12/c28-27(29)6-7-30-8-9-31-10-11-32-12-13-33-14-15-34-16-17-35-18-19-36-20-21-37-22-23-38-24-25-39-26-4-2-1-3-5-26/h1-5H,6-25H2,(H,28,29). The first-order valence-electron chi connectivity index (χ1n) is 13.4. The van der Waals surface area contributed by atoms with E-state index < -0.39 is 5.97 Å². The van der Waals surface area contributed by atoms with Gasteiger partial charge in [0.2, 0.25) is 0 Å². The minimum absolute atomic E-state index is 0.000329. The summed E-state index contributed by atoms with van der Waals surface area (Å²) in [6, 6.07) is 9.64. The molecule has 12 heteroatoms. The predicted molar refractivity (Wildman–Crippen MR) is 142 cm³/mol. The van der Waals surface area contributed by atoms with Crippen LogP contribution in [0.5, 0.6) is 5.75 Å². The molecule has 0 aliphatic rings. The van der Waals surface area contributed by atoms with Crippen LogP contribution in [-0.4, -0.2) is 137 Å². The van der Waals surface area contributed by atoms with Crippen molar-refractivity contribution in [3.8, 4) is 5.75 Å². The molecule has 0 saturated heterocycles. The highest BCUT2D eigenvalue weighted by Crippen LogP contribution is 2.07. The lowest BCUT2D eigenvalue weighted by molar-refractivity contribution is -0.138. The van der Waals surface area contributed by atoms with Crippen LogP contribution in [-0.2, 0) is 47.4 Å². The van der Waals surface area contributed by atoms with E-state index in [1.54, 1.807) is 0 Å². The molecule has 0 saturated carbocycles. The Balaban J connectivity index is 1.63. The van der Waals surface area contributed by atoms with Crippen LogP contribution in [0.4, 0.5) is 0 Å². The first-order chi connectivity index (χ1) is 19.3. The van der Waals surface area contributed by atoms with Crippen molar-refractivity contribution in [2.24, 2.45) is 0 Å². The molecule has 12 nitrogen and oxygen atoms in total. The van der Waals surface area contributed by atoms with Crippen molar-refractivity contribution in [3.05, 3.63) is 30.3 Å². The molecule has 1 N–H and O–H groups in total. The minimum atomic E-state index is -0.872. The number of benzene rings is 1. The summed E-state index contributed by atoms with van der Waals surface area (Å²) >= 11 is 0. The highest BCUT2D eigenvalue weighted by molar-refractivity contribution is 5.66. The third kappa shape index (κ3) is 27.5. The number of hydrogen-bond donors (Lipinski definition) is 1. The Morgan fingerprint density at radius 2 is 0.718 bits per heavy atom. The quantitative estimate of drug-likeness (QED) is 0.132. The summed E-state index contributed by atoms with van der Waals surface area (Å²) in [6.07, 6.45) is 0.000329. The fourth-order valence-electron chi connectivity index (χ4n) is 2.76. The minimum Gasteiger partial charge on any atom is -0.491 e. The SMILES string of the molecule is O=C(O)CCOCCOCCOCCOCCOCCOCCOCCOCCOCCOc1ccccc1. The molecule has 0 amide bonds. The van der Waals surface area contributed by atoms with Gasteiger partial charge in [-0.3, -0.25) is 4.79 Å². The normalized spacial score (nSPS) is 11.2. The Kier molecular flexibility index (Phi) is 26.3. The molecule has 0 aliphatic carbocycles. The van der Waals surface area contributed by atoms with Crippen LogP contribution in [0.2, 0.25) is 0 Å². The number of aliphatic carboxylic acids is 1. The van der Waals surface area contributed by atoms with Gasteiger partial charge in [0.05, 0.1) is 125 Å². The smallest absolute Gasteiger partial charge is 0.305 e. The fourth-order valence-corrected chi connectivity index (χ4v) is 2.76. The summed E-state index contributed by atoms with van der Waals surface area (Å²) in [5.41, 5.74) is 0. The van der Waals surface area contributed by atoms with Gasteiger partial charge < -0.3 is 52.5 Å². The zero-order chi connectivity index (χ0) is 27.9. The van der Waals surface area contributed by atoms with Crippen LogP contribution in [0.25, 0.3) is 0 Å². The van der Waals surface area contributed by atoms with Gasteiger partial charge in [0, 0.05) is 0 Å². The maximum absolute atomic E-state index is 10.3. The number of ether oxygens (including phenoxy) is 10. The average molecular weight is 563 g/mol. The van der Waals surface area contributed by atoms with Crippen LogP contribution in [0.15, 0.2) is 30.3 Å². The number of para-hydroxylation sites is 1. The maximum atomic E-state index is 10.3. The van der Waals surface area contributed by atoms with E-state index >= 15 is 0 Å². The van der Waals surface area contributed by atoms with E-state index in [2.05, 4.69) is 0 Å². The Hall–Kier alpha value is -1.87. The number of carboxylic acids is 1. The maximum Gasteiger partial charge on any atom is 0.305 e. The molecular weight excluding hydrogens is 516 g/mol. The monoisotopic (exact) mass is 562 g/mol. The molecule has 0 unspecified atom stereocenters. The highest BCUT2D eigenvalue weighted by Gasteiger charge is 1.97. The van der Waals surface area contributed by atoms with Gasteiger partial charge in [-0.15, -0.1) is 0 Å². The summed E-state index contributed by atoms with van der Waals surface area (Å²) in [7, 11) is 0. The predicted octanol–water partition coefficient (Wildman–Crippen LogP) is 1.69. The molecule has 0 radical (unpaired) electrons. The molecular formula is C27H46O12. The number of carboxylic acid groups (broad SMARTS) is 1. The first-order valence-corrected chi connectivity index (χ1v) is 13.4. The van der Waals surface area contributed by atoms with Crippen molar-refractivity contribution in [3.63, 3.8) is 0 Å². The van der Waals surface area contributed by atoms with E-state index in [4.69, 9.17) is 52.5 Å². The number of carbonyl (C=O) groups is 1. The van der Waals surface area contributed by atoms with Gasteiger partial charge in [-0.2, -0.15) is 0 Å². The molecule has 39 heavy (non-hydrogen) atoms. The van der Waals surface area contributed by atoms with E-state index in [9.17, 15) is 4.79 Å². The largest absolute Gasteiger partial charge is 0.491 e. The third-order valence-electron chi connectivity index (χ3n) is 4.68. The lowest BCUT2D eigenvalue weighted by Crippen LogP contribution is -2.15. The van der Waals surface area contributed by atoms with Crippen molar-refractivity contribution in [1.29, 1.82) is 0 Å². The highest BCUT2D eigenvalue weighted by atomic mass is 16.6. The van der Waals surface area contributed by atoms with Crippen molar-refractivity contribution in [1.82, 2.24) is 0 Å². The van der Waals surface area contributed by atoms with Gasteiger partial charge in [0.1, 0.15) is 12.4 Å². The fraction of sp³-hybridized carbons (Fsp3) is 0.741. The van der Waals surface area contributed by atoms with Crippen molar-refractivity contribution in [2.45, 2.75) is 6.42 Å². The van der Waals surface area contributed by atoms with Crippen LogP contribution >= 0.6 is 0 Å². The molecule has 0 bridgehead atoms. The summed E-state index contributed by atoms with van der Waals surface area (Å²) in [5.74, 6) is -0.0328. The third-order valence-corrected chi connectivity index (χ3v) is 4.68. The molecule has 1 aromatic carbocycles. The lowest BCUT2D eigenvalue weighted by atomic mass is 10.3.